The first kappa shape index (κ1) is 29.3. The molecule has 8 aromatic rings. The molecule has 0 amide bonds. The Kier molecular flexibility index (Phi) is 6.47. The maximum Gasteiger partial charge on any atom is 0.164 e. The molecular formula is C45H35N3O. The molecule has 4 nitrogen and oxygen atoms in total. The van der Waals surface area contributed by atoms with Gasteiger partial charge in [0, 0.05) is 27.5 Å². The molecule has 0 radical (unpaired) electrons. The van der Waals surface area contributed by atoms with Crippen LogP contribution in [0.5, 0.6) is 0 Å². The Morgan fingerprint density at radius 3 is 1.65 bits per heavy atom. The highest BCUT2D eigenvalue weighted by Gasteiger charge is 2.46. The molecule has 0 unspecified atom stereocenters. The van der Waals surface area contributed by atoms with E-state index >= 15 is 0 Å². The van der Waals surface area contributed by atoms with Gasteiger partial charge < -0.3 is 4.42 Å². The summed E-state index contributed by atoms with van der Waals surface area (Å²) in [7, 11) is 0. The Labute approximate surface area is 286 Å². The Morgan fingerprint density at radius 2 is 0.959 bits per heavy atom. The van der Waals surface area contributed by atoms with Gasteiger partial charge in [-0.05, 0) is 68.5 Å². The zero-order valence-corrected chi connectivity index (χ0v) is 28.0. The first-order valence-electron chi connectivity index (χ1n) is 16.9. The van der Waals surface area contributed by atoms with E-state index in [4.69, 9.17) is 19.4 Å². The van der Waals surface area contributed by atoms with Gasteiger partial charge in [-0.1, -0.05) is 143 Å². The second-order valence-electron chi connectivity index (χ2n) is 14.1. The lowest BCUT2D eigenvalue weighted by Gasteiger charge is -2.48. The fraction of sp³-hybridized carbons (Fsp3) is 0.133. The van der Waals surface area contributed by atoms with Crippen molar-refractivity contribution in [2.45, 2.75) is 38.5 Å². The van der Waals surface area contributed by atoms with E-state index in [2.05, 4.69) is 107 Å². The van der Waals surface area contributed by atoms with Gasteiger partial charge in [-0.15, -0.1) is 0 Å². The lowest BCUT2D eigenvalue weighted by molar-refractivity contribution is 0.299. The molecule has 0 saturated heterocycles. The number of hydrogen-bond acceptors (Lipinski definition) is 4. The molecule has 49 heavy (non-hydrogen) atoms. The molecule has 1 aliphatic carbocycles. The number of aromatic nitrogens is 3. The van der Waals surface area contributed by atoms with E-state index in [1.54, 1.807) is 0 Å². The predicted molar refractivity (Wildman–Crippen MR) is 200 cm³/mol. The monoisotopic (exact) mass is 633 g/mol. The van der Waals surface area contributed by atoms with Gasteiger partial charge >= 0.3 is 0 Å². The lowest BCUT2D eigenvalue weighted by atomic mass is 9.55. The Balaban J connectivity index is 1.21. The molecule has 4 heteroatoms. The second-order valence-corrected chi connectivity index (χ2v) is 14.1. The molecule has 2 heterocycles. The number of fused-ring (bicyclic) bond motifs is 7. The second kappa shape index (κ2) is 10.8. The molecular weight excluding hydrogens is 599 g/mol. The molecule has 0 spiro atoms. The number of hydrogen-bond donors (Lipinski definition) is 0. The average Bonchev–Trinajstić information content (AvgIpc) is 3.53. The third kappa shape index (κ3) is 4.55. The predicted octanol–water partition coefficient (Wildman–Crippen LogP) is 11.7. The minimum Gasteiger partial charge on any atom is -0.456 e. The molecule has 6 aromatic carbocycles. The molecule has 9 rings (SSSR count). The topological polar surface area (TPSA) is 51.8 Å². The Hall–Kier alpha value is -5.87. The van der Waals surface area contributed by atoms with Crippen molar-refractivity contribution in [1.82, 2.24) is 15.0 Å². The van der Waals surface area contributed by atoms with Crippen LogP contribution in [0.25, 0.3) is 78.4 Å². The van der Waals surface area contributed by atoms with E-state index < -0.39 is 0 Å². The van der Waals surface area contributed by atoms with Crippen LogP contribution in [-0.4, -0.2) is 15.0 Å². The van der Waals surface area contributed by atoms with Gasteiger partial charge in [0.05, 0.1) is 0 Å². The minimum absolute atomic E-state index is 0.0365. The molecule has 0 fully saturated rings. The number of nitrogens with zero attached hydrogens (tertiary/aromatic N) is 3. The number of rotatable bonds is 4. The van der Waals surface area contributed by atoms with Crippen LogP contribution in [0.4, 0.5) is 0 Å². The normalized spacial score (nSPS) is 14.4. The summed E-state index contributed by atoms with van der Waals surface area (Å²) < 4.78 is 6.52. The van der Waals surface area contributed by atoms with Crippen LogP contribution in [0, 0.1) is 0 Å². The van der Waals surface area contributed by atoms with Crippen molar-refractivity contribution in [2.75, 3.05) is 0 Å². The number of benzene rings is 6. The SMILES string of the molecule is CC1(C)c2ccccc2-c2c(ccc3oc4ccc(-c5cccc(-c6nc(-c7ccccc7)nc(-c7ccccc7)n6)c5)cc4c23)C1(C)C. The fourth-order valence-corrected chi connectivity index (χ4v) is 7.54. The standard InChI is InChI=1S/C45H35N3O/c1-44(2)35-21-12-11-20-33(35)39-36(45(44,3)4)23-25-38-40(39)34-27-31(22-24-37(34)49-38)30-18-13-19-32(26-30)43-47-41(28-14-7-5-8-15-28)46-42(48-43)29-16-9-6-10-17-29/h5-27H,1-4H3. The average molecular weight is 634 g/mol. The summed E-state index contributed by atoms with van der Waals surface area (Å²) in [6.45, 7) is 9.49. The van der Waals surface area contributed by atoms with Crippen LogP contribution in [0.3, 0.4) is 0 Å². The first-order valence-corrected chi connectivity index (χ1v) is 16.9. The summed E-state index contributed by atoms with van der Waals surface area (Å²) in [6.07, 6.45) is 0. The van der Waals surface area contributed by atoms with E-state index in [0.717, 1.165) is 44.4 Å². The van der Waals surface area contributed by atoms with Gasteiger partial charge in [0.1, 0.15) is 11.2 Å². The summed E-state index contributed by atoms with van der Waals surface area (Å²) >= 11 is 0. The van der Waals surface area contributed by atoms with E-state index in [9.17, 15) is 0 Å². The van der Waals surface area contributed by atoms with Crippen molar-refractivity contribution in [1.29, 1.82) is 0 Å². The Bertz CT molecular complexity index is 2490. The van der Waals surface area contributed by atoms with Crippen LogP contribution in [0.1, 0.15) is 38.8 Å². The summed E-state index contributed by atoms with van der Waals surface area (Å²) in [5.41, 5.74) is 12.0. The van der Waals surface area contributed by atoms with Crippen LogP contribution >= 0.6 is 0 Å². The molecule has 0 atom stereocenters. The van der Waals surface area contributed by atoms with Crippen molar-refractivity contribution in [3.8, 4) is 56.4 Å². The quantitative estimate of drug-likeness (QED) is 0.193. The zero-order valence-electron chi connectivity index (χ0n) is 28.0. The van der Waals surface area contributed by atoms with E-state index in [0.29, 0.717) is 17.5 Å². The van der Waals surface area contributed by atoms with Crippen molar-refractivity contribution in [2.24, 2.45) is 0 Å². The van der Waals surface area contributed by atoms with Crippen LogP contribution in [0.2, 0.25) is 0 Å². The summed E-state index contributed by atoms with van der Waals surface area (Å²) in [5, 5.41) is 2.30. The summed E-state index contributed by atoms with van der Waals surface area (Å²) in [6, 6.07) is 48.6. The summed E-state index contributed by atoms with van der Waals surface area (Å²) in [4.78, 5) is 14.8. The molecule has 2 aromatic heterocycles. The molecule has 0 saturated carbocycles. The minimum atomic E-state index is -0.0812. The first-order chi connectivity index (χ1) is 23.8. The molecule has 0 N–H and O–H groups in total. The van der Waals surface area contributed by atoms with Crippen LogP contribution in [-0.2, 0) is 10.8 Å². The molecule has 0 bridgehead atoms. The van der Waals surface area contributed by atoms with Crippen molar-refractivity contribution in [3.05, 3.63) is 151 Å². The third-order valence-electron chi connectivity index (χ3n) is 10.9. The van der Waals surface area contributed by atoms with Crippen molar-refractivity contribution in [3.63, 3.8) is 0 Å². The number of furan rings is 1. The van der Waals surface area contributed by atoms with Gasteiger partial charge in [0.15, 0.2) is 17.5 Å². The highest BCUT2D eigenvalue weighted by molar-refractivity contribution is 6.15. The smallest absolute Gasteiger partial charge is 0.164 e. The van der Waals surface area contributed by atoms with Gasteiger partial charge in [-0.2, -0.15) is 0 Å². The van der Waals surface area contributed by atoms with Crippen LogP contribution in [0.15, 0.2) is 144 Å². The van der Waals surface area contributed by atoms with Gasteiger partial charge in [-0.25, -0.2) is 15.0 Å². The maximum atomic E-state index is 6.52. The highest BCUT2D eigenvalue weighted by Crippen LogP contribution is 2.56. The summed E-state index contributed by atoms with van der Waals surface area (Å²) in [5.74, 6) is 1.94. The Morgan fingerprint density at radius 1 is 0.429 bits per heavy atom. The van der Waals surface area contributed by atoms with Crippen molar-refractivity contribution >= 4 is 21.9 Å². The van der Waals surface area contributed by atoms with Gasteiger partial charge in [0.2, 0.25) is 0 Å². The van der Waals surface area contributed by atoms with E-state index in [1.165, 1.54) is 27.6 Å². The third-order valence-corrected chi connectivity index (χ3v) is 10.9. The van der Waals surface area contributed by atoms with E-state index in [-0.39, 0.29) is 10.8 Å². The fourth-order valence-electron chi connectivity index (χ4n) is 7.54. The van der Waals surface area contributed by atoms with Crippen LogP contribution < -0.4 is 0 Å². The zero-order chi connectivity index (χ0) is 33.3. The van der Waals surface area contributed by atoms with Crippen molar-refractivity contribution < 1.29 is 4.42 Å². The lowest BCUT2D eigenvalue weighted by Crippen LogP contribution is -2.43. The molecule has 236 valence electrons. The van der Waals surface area contributed by atoms with E-state index in [1.807, 2.05) is 60.7 Å². The molecule has 1 aliphatic rings. The van der Waals surface area contributed by atoms with Gasteiger partial charge in [-0.3, -0.25) is 0 Å². The van der Waals surface area contributed by atoms with Gasteiger partial charge in [0.25, 0.3) is 0 Å². The largest absolute Gasteiger partial charge is 0.456 e. The molecule has 0 aliphatic heterocycles. The maximum absolute atomic E-state index is 6.52. The highest BCUT2D eigenvalue weighted by atomic mass is 16.3.